The zero-order valence-corrected chi connectivity index (χ0v) is 18.9. The molecule has 0 aromatic rings. The molecule has 4 fully saturated rings. The Morgan fingerprint density at radius 1 is 1.16 bits per heavy atom. The molecule has 0 aromatic heterocycles. The van der Waals surface area contributed by atoms with Gasteiger partial charge in [0.1, 0.15) is 18.0 Å². The molecule has 1 saturated heterocycles. The molecule has 5 rings (SSSR count). The van der Waals surface area contributed by atoms with E-state index in [0.29, 0.717) is 19.4 Å². The van der Waals surface area contributed by atoms with Crippen molar-refractivity contribution in [3.8, 4) is 0 Å². The first-order valence-electron chi connectivity index (χ1n) is 11.6. The Kier molecular flexibility index (Phi) is 4.58. The molecule has 1 heterocycles. The van der Waals surface area contributed by atoms with E-state index in [-0.39, 0.29) is 41.7 Å². The number of ketones is 3. The third-order valence-corrected chi connectivity index (χ3v) is 9.06. The maximum atomic E-state index is 13.8. The lowest BCUT2D eigenvalue weighted by Crippen LogP contribution is -2.66. The molecule has 0 radical (unpaired) electrons. The number of Topliss-reactive ketones (excluding diaryl/α,β-unsaturated/α-hetero) is 2. The van der Waals surface area contributed by atoms with Crippen LogP contribution in [0.15, 0.2) is 23.8 Å². The second-order valence-corrected chi connectivity index (χ2v) is 10.5. The molecule has 31 heavy (non-hydrogen) atoms. The monoisotopic (exact) mass is 428 g/mol. The summed E-state index contributed by atoms with van der Waals surface area (Å²) < 4.78 is 17.8. The summed E-state index contributed by atoms with van der Waals surface area (Å²) in [5.41, 5.74) is -0.981. The van der Waals surface area contributed by atoms with Crippen LogP contribution in [0.2, 0.25) is 0 Å². The van der Waals surface area contributed by atoms with Crippen molar-refractivity contribution in [3.63, 3.8) is 0 Å². The van der Waals surface area contributed by atoms with Gasteiger partial charge in [-0.1, -0.05) is 25.5 Å². The fourth-order valence-electron chi connectivity index (χ4n) is 7.69. The maximum Gasteiger partial charge on any atom is 0.281 e. The van der Waals surface area contributed by atoms with Crippen LogP contribution in [-0.2, 0) is 28.6 Å². The number of ether oxygens (including phenoxy) is 3. The maximum absolute atomic E-state index is 13.8. The lowest BCUT2D eigenvalue weighted by molar-refractivity contribution is -0.419. The number of fused-ring (bicyclic) bond motifs is 6. The number of allylic oxidation sites excluding steroid dienone is 4. The van der Waals surface area contributed by atoms with Gasteiger partial charge in [-0.15, -0.1) is 0 Å². The SMILES string of the molecule is CCO[C@@]1(C)OCC(=O)[C@]2(CC[C@@H]3[C@H]4CCC5=CC(=O)C=C[C@@]5(C)[C@@H]4C(=O)C[C@@]32C)O1. The first-order valence-corrected chi connectivity index (χ1v) is 11.6. The fraction of sp³-hybridized carbons (Fsp3) is 0.720. The van der Waals surface area contributed by atoms with Gasteiger partial charge in [0.25, 0.3) is 5.97 Å². The summed E-state index contributed by atoms with van der Waals surface area (Å²) in [5.74, 6) is -0.949. The minimum absolute atomic E-state index is 0.00949. The van der Waals surface area contributed by atoms with Crippen LogP contribution in [0.4, 0.5) is 0 Å². The molecule has 168 valence electrons. The Hall–Kier alpha value is -1.63. The van der Waals surface area contributed by atoms with Gasteiger partial charge >= 0.3 is 0 Å². The second-order valence-electron chi connectivity index (χ2n) is 10.5. The first-order chi connectivity index (χ1) is 14.6. The normalized spacial score (nSPS) is 49.0. The molecule has 6 heteroatoms. The number of carbonyl (C=O) groups is 3. The highest BCUT2D eigenvalue weighted by Crippen LogP contribution is 2.67. The van der Waals surface area contributed by atoms with Gasteiger partial charge in [0.2, 0.25) is 0 Å². The minimum Gasteiger partial charge on any atom is -0.328 e. The third-order valence-electron chi connectivity index (χ3n) is 9.06. The van der Waals surface area contributed by atoms with Crippen LogP contribution in [0.3, 0.4) is 0 Å². The smallest absolute Gasteiger partial charge is 0.281 e. The molecule has 7 atom stereocenters. The average molecular weight is 429 g/mol. The highest BCUT2D eigenvalue weighted by Gasteiger charge is 2.71. The van der Waals surface area contributed by atoms with E-state index in [1.54, 1.807) is 19.1 Å². The van der Waals surface area contributed by atoms with Crippen molar-refractivity contribution in [1.29, 1.82) is 0 Å². The van der Waals surface area contributed by atoms with Gasteiger partial charge in [0.15, 0.2) is 11.6 Å². The largest absolute Gasteiger partial charge is 0.328 e. The number of carbonyl (C=O) groups excluding carboxylic acids is 3. The van der Waals surface area contributed by atoms with Crippen molar-refractivity contribution in [3.05, 3.63) is 23.8 Å². The van der Waals surface area contributed by atoms with E-state index in [1.807, 2.05) is 13.0 Å². The summed E-state index contributed by atoms with van der Waals surface area (Å²) in [6, 6.07) is 0. The summed E-state index contributed by atoms with van der Waals surface area (Å²) in [6.07, 6.45) is 8.71. The molecule has 0 aromatic carbocycles. The standard InChI is InChI=1S/C25H32O6/c1-5-29-24(4)30-14-20(28)25(31-24)11-9-18-17-7-6-15-12-16(26)8-10-22(15,2)21(17)19(27)13-23(18,25)3/h8,10,12,17-18,21H,5-7,9,11,13-14H2,1-4H3/t17-,18-,21+,22-,23+,24+,25+/m1/s1. The van der Waals surface area contributed by atoms with E-state index >= 15 is 0 Å². The van der Waals surface area contributed by atoms with E-state index < -0.39 is 22.4 Å². The van der Waals surface area contributed by atoms with Gasteiger partial charge in [-0.2, -0.15) is 0 Å². The van der Waals surface area contributed by atoms with Crippen LogP contribution in [0.25, 0.3) is 0 Å². The molecule has 1 aliphatic heterocycles. The van der Waals surface area contributed by atoms with Gasteiger partial charge < -0.3 is 14.2 Å². The van der Waals surface area contributed by atoms with Gasteiger partial charge in [-0.25, -0.2) is 0 Å². The van der Waals surface area contributed by atoms with Crippen molar-refractivity contribution in [2.24, 2.45) is 28.6 Å². The van der Waals surface area contributed by atoms with Crippen molar-refractivity contribution < 1.29 is 28.6 Å². The van der Waals surface area contributed by atoms with Gasteiger partial charge in [0.05, 0.1) is 0 Å². The van der Waals surface area contributed by atoms with Crippen molar-refractivity contribution >= 4 is 17.3 Å². The molecule has 5 aliphatic rings. The van der Waals surface area contributed by atoms with Crippen LogP contribution in [0.1, 0.15) is 59.8 Å². The van der Waals surface area contributed by atoms with Gasteiger partial charge in [-0.3, -0.25) is 14.4 Å². The lowest BCUT2D eigenvalue weighted by atomic mass is 9.46. The Balaban J connectivity index is 1.54. The third kappa shape index (κ3) is 2.71. The van der Waals surface area contributed by atoms with Crippen LogP contribution < -0.4 is 0 Å². The summed E-state index contributed by atoms with van der Waals surface area (Å²) >= 11 is 0. The van der Waals surface area contributed by atoms with Crippen molar-refractivity contribution in [1.82, 2.24) is 0 Å². The van der Waals surface area contributed by atoms with Gasteiger partial charge in [0, 0.05) is 36.7 Å². The lowest BCUT2D eigenvalue weighted by Gasteiger charge is -2.58. The predicted molar refractivity (Wildman–Crippen MR) is 112 cm³/mol. The van der Waals surface area contributed by atoms with Crippen LogP contribution in [0.5, 0.6) is 0 Å². The quantitative estimate of drug-likeness (QED) is 0.669. The zero-order valence-electron chi connectivity index (χ0n) is 18.9. The summed E-state index contributed by atoms with van der Waals surface area (Å²) in [7, 11) is 0. The van der Waals surface area contributed by atoms with E-state index in [9.17, 15) is 14.4 Å². The molecule has 1 spiro atoms. The van der Waals surface area contributed by atoms with Crippen molar-refractivity contribution in [2.45, 2.75) is 71.4 Å². The van der Waals surface area contributed by atoms with Crippen molar-refractivity contribution in [2.75, 3.05) is 13.2 Å². The Morgan fingerprint density at radius 2 is 1.94 bits per heavy atom. The molecule has 0 amide bonds. The Morgan fingerprint density at radius 3 is 2.68 bits per heavy atom. The molecule has 0 N–H and O–H groups in total. The van der Waals surface area contributed by atoms with Crippen LogP contribution >= 0.6 is 0 Å². The van der Waals surface area contributed by atoms with E-state index in [0.717, 1.165) is 24.8 Å². The number of hydrogen-bond donors (Lipinski definition) is 0. The van der Waals surface area contributed by atoms with Crippen LogP contribution in [-0.4, -0.2) is 42.1 Å². The molecular weight excluding hydrogens is 396 g/mol. The highest BCUT2D eigenvalue weighted by molar-refractivity contribution is 6.02. The molecule has 3 saturated carbocycles. The first kappa shape index (κ1) is 21.2. The Labute approximate surface area is 183 Å². The molecule has 4 aliphatic carbocycles. The van der Waals surface area contributed by atoms with Gasteiger partial charge in [-0.05, 0) is 56.6 Å². The fourth-order valence-corrected chi connectivity index (χ4v) is 7.69. The molecule has 0 bridgehead atoms. The minimum atomic E-state index is -1.28. The average Bonchev–Trinajstić information content (AvgIpc) is 2.98. The van der Waals surface area contributed by atoms with E-state index in [4.69, 9.17) is 14.2 Å². The zero-order chi connectivity index (χ0) is 22.2. The summed E-state index contributed by atoms with van der Waals surface area (Å²) in [4.78, 5) is 39.0. The number of rotatable bonds is 2. The highest BCUT2D eigenvalue weighted by atomic mass is 16.9. The predicted octanol–water partition coefficient (Wildman–Crippen LogP) is 3.54. The summed E-state index contributed by atoms with van der Waals surface area (Å²) in [6.45, 7) is 8.11. The van der Waals surface area contributed by atoms with Crippen LogP contribution in [0, 0.1) is 28.6 Å². The molecule has 6 nitrogen and oxygen atoms in total. The summed E-state index contributed by atoms with van der Waals surface area (Å²) in [5, 5.41) is 0. The Bertz CT molecular complexity index is 919. The van der Waals surface area contributed by atoms with E-state index in [2.05, 4.69) is 13.8 Å². The topological polar surface area (TPSA) is 78.9 Å². The molecule has 0 unspecified atom stereocenters. The number of hydrogen-bond acceptors (Lipinski definition) is 6. The second kappa shape index (κ2) is 6.69. The van der Waals surface area contributed by atoms with E-state index in [1.165, 1.54) is 0 Å². The molecular formula is C25H32O6.